The average Bonchev–Trinajstić information content (AvgIpc) is 2.74. The van der Waals surface area contributed by atoms with Gasteiger partial charge in [0.05, 0.1) is 17.5 Å². The highest BCUT2D eigenvalue weighted by Crippen LogP contribution is 2.13. The third kappa shape index (κ3) is 2.95. The Hall–Kier alpha value is -0.620. The van der Waals surface area contributed by atoms with Crippen molar-refractivity contribution >= 4 is 15.7 Å². The topological polar surface area (TPSA) is 75.3 Å². The van der Waals surface area contributed by atoms with Crippen LogP contribution >= 0.6 is 0 Å². The van der Waals surface area contributed by atoms with Crippen molar-refractivity contribution in [3.63, 3.8) is 0 Å². The molecule has 0 aromatic carbocycles. The van der Waals surface area contributed by atoms with Crippen LogP contribution in [-0.4, -0.2) is 44.5 Å². The van der Waals surface area contributed by atoms with Gasteiger partial charge in [-0.2, -0.15) is 0 Å². The monoisotopic (exact) mass is 246 g/mol. The average molecular weight is 246 g/mol. The van der Waals surface area contributed by atoms with E-state index >= 15 is 0 Å². The number of hydrogen-bond acceptors (Lipinski definition) is 4. The molecule has 92 valence electrons. The van der Waals surface area contributed by atoms with E-state index in [9.17, 15) is 13.2 Å². The highest BCUT2D eigenvalue weighted by atomic mass is 32.2. The van der Waals surface area contributed by atoms with Gasteiger partial charge in [0.15, 0.2) is 0 Å². The summed E-state index contributed by atoms with van der Waals surface area (Å²) in [6, 6.07) is -0.0306. The summed E-state index contributed by atoms with van der Waals surface area (Å²) in [5, 5.41) is 6.06. The van der Waals surface area contributed by atoms with Gasteiger partial charge in [0, 0.05) is 6.04 Å². The lowest BCUT2D eigenvalue weighted by molar-refractivity contribution is -0.123. The van der Waals surface area contributed by atoms with Gasteiger partial charge in [-0.25, -0.2) is 8.42 Å². The van der Waals surface area contributed by atoms with E-state index in [0.29, 0.717) is 12.8 Å². The van der Waals surface area contributed by atoms with Gasteiger partial charge >= 0.3 is 0 Å². The maximum atomic E-state index is 11.8. The van der Waals surface area contributed by atoms with Gasteiger partial charge in [-0.15, -0.1) is 0 Å². The lowest BCUT2D eigenvalue weighted by Gasteiger charge is -2.24. The largest absolute Gasteiger partial charge is 0.352 e. The summed E-state index contributed by atoms with van der Waals surface area (Å²) in [5.74, 6) is 0.438. The lowest BCUT2D eigenvalue weighted by atomic mass is 10.1. The number of nitrogens with one attached hydrogen (secondary N) is 2. The Kier molecular flexibility index (Phi) is 3.49. The minimum Gasteiger partial charge on any atom is -0.352 e. The molecule has 5 nitrogen and oxygen atoms in total. The Labute approximate surface area is 95.9 Å². The summed E-state index contributed by atoms with van der Waals surface area (Å²) in [6.45, 7) is 0.900. The van der Waals surface area contributed by atoms with Crippen molar-refractivity contribution in [2.75, 3.05) is 18.1 Å². The van der Waals surface area contributed by atoms with Crippen LogP contribution in [0.3, 0.4) is 0 Å². The third-order valence-corrected chi connectivity index (χ3v) is 4.99. The maximum absolute atomic E-state index is 11.8. The summed E-state index contributed by atoms with van der Waals surface area (Å²) in [6.07, 6.45) is 3.04. The van der Waals surface area contributed by atoms with Crippen molar-refractivity contribution in [1.82, 2.24) is 10.6 Å². The van der Waals surface area contributed by atoms with Gasteiger partial charge in [-0.05, 0) is 32.2 Å². The number of hydrogen-bond donors (Lipinski definition) is 2. The SMILES string of the molecule is O=C(NC1CCS(=O)(=O)CC1)C1CCCN1. The van der Waals surface area contributed by atoms with Crippen molar-refractivity contribution in [3.05, 3.63) is 0 Å². The molecule has 6 heteroatoms. The summed E-state index contributed by atoms with van der Waals surface area (Å²) in [5.41, 5.74) is 0. The number of rotatable bonds is 2. The van der Waals surface area contributed by atoms with Gasteiger partial charge in [-0.1, -0.05) is 0 Å². The Bertz CT molecular complexity index is 346. The number of carbonyl (C=O) groups excluding carboxylic acids is 1. The summed E-state index contributed by atoms with van der Waals surface area (Å²) in [7, 11) is -2.84. The van der Waals surface area contributed by atoms with E-state index in [1.165, 1.54) is 0 Å². The number of amides is 1. The van der Waals surface area contributed by atoms with Gasteiger partial charge in [0.25, 0.3) is 0 Å². The quantitative estimate of drug-likeness (QED) is 0.684. The fourth-order valence-corrected chi connectivity index (χ4v) is 3.74. The van der Waals surface area contributed by atoms with Crippen molar-refractivity contribution in [2.45, 2.75) is 37.8 Å². The van der Waals surface area contributed by atoms with Crippen LogP contribution in [0.15, 0.2) is 0 Å². The van der Waals surface area contributed by atoms with Crippen LogP contribution in [0.1, 0.15) is 25.7 Å². The molecule has 2 aliphatic heterocycles. The first-order chi connectivity index (χ1) is 7.57. The molecule has 0 saturated carbocycles. The van der Waals surface area contributed by atoms with E-state index in [0.717, 1.165) is 19.4 Å². The number of sulfone groups is 1. The van der Waals surface area contributed by atoms with E-state index < -0.39 is 9.84 Å². The first-order valence-corrected chi connectivity index (χ1v) is 7.63. The standard InChI is InChI=1S/C10H18N2O3S/c13-10(9-2-1-5-11-9)12-8-3-6-16(14,15)7-4-8/h8-9,11H,1-7H2,(H,12,13). The summed E-state index contributed by atoms with van der Waals surface area (Å²) in [4.78, 5) is 11.8. The predicted octanol–water partition coefficient (Wildman–Crippen LogP) is -0.568. The van der Waals surface area contributed by atoms with Crippen molar-refractivity contribution < 1.29 is 13.2 Å². The molecule has 2 heterocycles. The Morgan fingerprint density at radius 1 is 1.19 bits per heavy atom. The smallest absolute Gasteiger partial charge is 0.237 e. The molecule has 0 aromatic rings. The molecule has 0 aromatic heterocycles. The molecule has 1 unspecified atom stereocenters. The van der Waals surface area contributed by atoms with Crippen LogP contribution in [0.4, 0.5) is 0 Å². The molecule has 2 saturated heterocycles. The zero-order valence-electron chi connectivity index (χ0n) is 9.24. The van der Waals surface area contributed by atoms with Crippen LogP contribution in [0.2, 0.25) is 0 Å². The van der Waals surface area contributed by atoms with Gasteiger partial charge in [-0.3, -0.25) is 4.79 Å². The molecule has 0 spiro atoms. The van der Waals surface area contributed by atoms with E-state index in [-0.39, 0.29) is 29.5 Å². The van der Waals surface area contributed by atoms with Crippen LogP contribution in [-0.2, 0) is 14.6 Å². The second kappa shape index (κ2) is 4.71. The predicted molar refractivity (Wildman–Crippen MR) is 60.8 cm³/mol. The van der Waals surface area contributed by atoms with Crippen molar-refractivity contribution in [2.24, 2.45) is 0 Å². The molecule has 0 aliphatic carbocycles. The van der Waals surface area contributed by atoms with Crippen molar-refractivity contribution in [1.29, 1.82) is 0 Å². The van der Waals surface area contributed by atoms with Gasteiger partial charge < -0.3 is 10.6 Å². The third-order valence-electron chi connectivity index (χ3n) is 3.28. The van der Waals surface area contributed by atoms with Crippen molar-refractivity contribution in [3.8, 4) is 0 Å². The molecule has 1 amide bonds. The van der Waals surface area contributed by atoms with E-state index in [4.69, 9.17) is 0 Å². The van der Waals surface area contributed by atoms with Crippen LogP contribution < -0.4 is 10.6 Å². The molecule has 1 atom stereocenters. The van der Waals surface area contributed by atoms with Gasteiger partial charge in [0.1, 0.15) is 9.84 Å². The molecule has 2 N–H and O–H groups in total. The fraction of sp³-hybridized carbons (Fsp3) is 0.900. The highest BCUT2D eigenvalue weighted by Gasteiger charge is 2.28. The van der Waals surface area contributed by atoms with E-state index in [2.05, 4.69) is 10.6 Å². The molecular formula is C10H18N2O3S. The molecular weight excluding hydrogens is 228 g/mol. The zero-order valence-corrected chi connectivity index (χ0v) is 10.1. The normalized spacial score (nSPS) is 30.1. The Morgan fingerprint density at radius 3 is 2.44 bits per heavy atom. The second-order valence-corrected chi connectivity index (χ2v) is 6.89. The summed E-state index contributed by atoms with van der Waals surface area (Å²) < 4.78 is 22.4. The first-order valence-electron chi connectivity index (χ1n) is 5.81. The fourth-order valence-electron chi connectivity index (χ4n) is 2.24. The second-order valence-electron chi connectivity index (χ2n) is 4.58. The number of carbonyl (C=O) groups is 1. The Morgan fingerprint density at radius 2 is 1.88 bits per heavy atom. The lowest BCUT2D eigenvalue weighted by Crippen LogP contribution is -2.47. The van der Waals surface area contributed by atoms with E-state index in [1.54, 1.807) is 0 Å². The maximum Gasteiger partial charge on any atom is 0.237 e. The zero-order chi connectivity index (χ0) is 11.6. The molecule has 2 aliphatic rings. The van der Waals surface area contributed by atoms with Crippen LogP contribution in [0.25, 0.3) is 0 Å². The molecule has 16 heavy (non-hydrogen) atoms. The molecule has 2 rings (SSSR count). The van der Waals surface area contributed by atoms with Crippen LogP contribution in [0, 0.1) is 0 Å². The Balaban J connectivity index is 1.80. The minimum absolute atomic E-state index is 0.0294. The highest BCUT2D eigenvalue weighted by molar-refractivity contribution is 7.91. The van der Waals surface area contributed by atoms with Gasteiger partial charge in [0.2, 0.25) is 5.91 Å². The molecule has 0 bridgehead atoms. The minimum atomic E-state index is -2.84. The molecule has 0 radical (unpaired) electrons. The van der Waals surface area contributed by atoms with E-state index in [1.807, 2.05) is 0 Å². The summed E-state index contributed by atoms with van der Waals surface area (Å²) >= 11 is 0. The first kappa shape index (κ1) is 11.9. The molecule has 2 fully saturated rings. The van der Waals surface area contributed by atoms with Crippen LogP contribution in [0.5, 0.6) is 0 Å².